The summed E-state index contributed by atoms with van der Waals surface area (Å²) < 4.78 is 0. The maximum atomic E-state index is 6.26. The average Bonchev–Trinajstić information content (AvgIpc) is 2.89. The van der Waals surface area contributed by atoms with E-state index in [0.717, 1.165) is 18.9 Å². The molecule has 2 aromatic rings. The van der Waals surface area contributed by atoms with E-state index < -0.39 is 0 Å². The molecule has 19 heavy (non-hydrogen) atoms. The second-order valence-corrected chi connectivity index (χ2v) is 5.81. The number of aromatic nitrogens is 1. The molecule has 0 aliphatic carbocycles. The number of hydrogen-bond acceptors (Lipinski definition) is 4. The Morgan fingerprint density at radius 2 is 2.16 bits per heavy atom. The molecule has 102 valence electrons. The Balaban J connectivity index is 2.32. The molecule has 0 aliphatic rings. The van der Waals surface area contributed by atoms with Gasteiger partial charge in [0, 0.05) is 18.5 Å². The molecule has 0 amide bonds. The minimum Gasteiger partial charge on any atom is -0.372 e. The number of thiophene rings is 1. The van der Waals surface area contributed by atoms with Crippen LogP contribution < -0.4 is 10.2 Å². The van der Waals surface area contributed by atoms with E-state index in [1.807, 2.05) is 6.07 Å². The van der Waals surface area contributed by atoms with E-state index in [2.05, 4.69) is 33.6 Å². The molecule has 2 aromatic heterocycles. The van der Waals surface area contributed by atoms with Crippen LogP contribution in [0.4, 0.5) is 11.6 Å². The summed E-state index contributed by atoms with van der Waals surface area (Å²) in [5.41, 5.74) is 0. The van der Waals surface area contributed by atoms with Crippen LogP contribution in [-0.2, 0) is 6.54 Å². The van der Waals surface area contributed by atoms with Crippen LogP contribution in [0.1, 0.15) is 11.8 Å². The summed E-state index contributed by atoms with van der Waals surface area (Å²) in [6, 6.07) is 5.88. The van der Waals surface area contributed by atoms with Crippen LogP contribution in [0.3, 0.4) is 0 Å². The number of anilines is 2. The fourth-order valence-electron chi connectivity index (χ4n) is 1.78. The van der Waals surface area contributed by atoms with Gasteiger partial charge in [-0.15, -0.1) is 11.3 Å². The van der Waals surface area contributed by atoms with Crippen molar-refractivity contribution in [1.82, 2.24) is 4.98 Å². The SMILES string of the molecule is CCN(Cc1cccs1)c1nc(NC)c(Cl)cc1Cl. The fourth-order valence-corrected chi connectivity index (χ4v) is 3.07. The molecule has 0 saturated carbocycles. The Morgan fingerprint density at radius 1 is 1.37 bits per heavy atom. The Kier molecular flexibility index (Phi) is 4.91. The van der Waals surface area contributed by atoms with E-state index in [4.69, 9.17) is 23.2 Å². The van der Waals surface area contributed by atoms with Crippen LogP contribution in [0.2, 0.25) is 10.0 Å². The molecule has 0 atom stereocenters. The van der Waals surface area contributed by atoms with Crippen molar-refractivity contribution < 1.29 is 0 Å². The highest BCUT2D eigenvalue weighted by Crippen LogP contribution is 2.32. The van der Waals surface area contributed by atoms with Gasteiger partial charge in [-0.1, -0.05) is 29.3 Å². The number of pyridine rings is 1. The third-order valence-corrected chi connectivity index (χ3v) is 4.18. The molecule has 0 aromatic carbocycles. The van der Waals surface area contributed by atoms with Gasteiger partial charge in [-0.05, 0) is 24.4 Å². The largest absolute Gasteiger partial charge is 0.372 e. The lowest BCUT2D eigenvalue weighted by Crippen LogP contribution is -2.23. The van der Waals surface area contributed by atoms with Crippen LogP contribution in [0.15, 0.2) is 23.6 Å². The fraction of sp³-hybridized carbons (Fsp3) is 0.308. The van der Waals surface area contributed by atoms with E-state index in [0.29, 0.717) is 15.9 Å². The lowest BCUT2D eigenvalue weighted by Gasteiger charge is -2.23. The van der Waals surface area contributed by atoms with Gasteiger partial charge in [0.25, 0.3) is 0 Å². The van der Waals surface area contributed by atoms with Gasteiger partial charge in [-0.3, -0.25) is 0 Å². The molecule has 0 spiro atoms. The first-order valence-electron chi connectivity index (χ1n) is 5.96. The number of halogens is 2. The summed E-state index contributed by atoms with van der Waals surface area (Å²) in [7, 11) is 1.79. The first-order valence-corrected chi connectivity index (χ1v) is 7.60. The van der Waals surface area contributed by atoms with Crippen molar-refractivity contribution in [2.24, 2.45) is 0 Å². The van der Waals surface area contributed by atoms with Gasteiger partial charge in [0.2, 0.25) is 0 Å². The van der Waals surface area contributed by atoms with E-state index >= 15 is 0 Å². The summed E-state index contributed by atoms with van der Waals surface area (Å²) in [6.45, 7) is 3.71. The average molecular weight is 316 g/mol. The standard InChI is InChI=1S/C13H15Cl2N3S/c1-3-18(8-9-5-4-6-19-9)13-11(15)7-10(14)12(16-2)17-13/h4-7H,3,8H2,1-2H3,(H,16,17). The van der Waals surface area contributed by atoms with Gasteiger partial charge in [0.15, 0.2) is 0 Å². The van der Waals surface area contributed by atoms with Crippen molar-refractivity contribution in [1.29, 1.82) is 0 Å². The van der Waals surface area contributed by atoms with Crippen LogP contribution >= 0.6 is 34.5 Å². The van der Waals surface area contributed by atoms with E-state index in [-0.39, 0.29) is 0 Å². The van der Waals surface area contributed by atoms with Gasteiger partial charge in [-0.2, -0.15) is 0 Å². The van der Waals surface area contributed by atoms with Crippen molar-refractivity contribution in [2.75, 3.05) is 23.8 Å². The second-order valence-electron chi connectivity index (χ2n) is 3.97. The highest BCUT2D eigenvalue weighted by atomic mass is 35.5. The summed E-state index contributed by atoms with van der Waals surface area (Å²) in [6.07, 6.45) is 0. The number of hydrogen-bond donors (Lipinski definition) is 1. The zero-order valence-corrected chi connectivity index (χ0v) is 13.1. The summed E-state index contributed by atoms with van der Waals surface area (Å²) in [5, 5.41) is 6.15. The third kappa shape index (κ3) is 3.32. The Hall–Kier alpha value is -0.970. The molecule has 0 fully saturated rings. The molecule has 2 rings (SSSR count). The highest BCUT2D eigenvalue weighted by Gasteiger charge is 2.14. The summed E-state index contributed by atoms with van der Waals surface area (Å²) >= 11 is 14.1. The van der Waals surface area contributed by atoms with Crippen molar-refractivity contribution in [2.45, 2.75) is 13.5 Å². The number of rotatable bonds is 5. The van der Waals surface area contributed by atoms with Gasteiger partial charge in [0.1, 0.15) is 11.6 Å². The molecule has 0 saturated heterocycles. The molecule has 2 heterocycles. The smallest absolute Gasteiger partial charge is 0.150 e. The molecule has 0 bridgehead atoms. The maximum absolute atomic E-state index is 6.26. The van der Waals surface area contributed by atoms with E-state index in [1.54, 1.807) is 24.5 Å². The monoisotopic (exact) mass is 315 g/mol. The molecule has 0 unspecified atom stereocenters. The third-order valence-electron chi connectivity index (χ3n) is 2.76. The van der Waals surface area contributed by atoms with Crippen LogP contribution in [-0.4, -0.2) is 18.6 Å². The maximum Gasteiger partial charge on any atom is 0.150 e. The molecular formula is C13H15Cl2N3S. The van der Waals surface area contributed by atoms with E-state index in [9.17, 15) is 0 Å². The summed E-state index contributed by atoms with van der Waals surface area (Å²) in [4.78, 5) is 7.91. The molecule has 0 radical (unpaired) electrons. The second kappa shape index (κ2) is 6.46. The topological polar surface area (TPSA) is 28.2 Å². The van der Waals surface area contributed by atoms with Crippen molar-refractivity contribution in [3.8, 4) is 0 Å². The normalized spacial score (nSPS) is 10.5. The van der Waals surface area contributed by atoms with Crippen LogP contribution in [0.5, 0.6) is 0 Å². The molecule has 1 N–H and O–H groups in total. The first-order chi connectivity index (χ1) is 9.15. The number of nitrogens with one attached hydrogen (secondary N) is 1. The zero-order chi connectivity index (χ0) is 13.8. The number of nitrogens with zero attached hydrogens (tertiary/aromatic N) is 2. The molecule has 3 nitrogen and oxygen atoms in total. The summed E-state index contributed by atoms with van der Waals surface area (Å²) in [5.74, 6) is 1.40. The Bertz CT molecular complexity index is 543. The minimum absolute atomic E-state index is 0.531. The lowest BCUT2D eigenvalue weighted by atomic mass is 10.3. The van der Waals surface area contributed by atoms with Crippen LogP contribution in [0, 0.1) is 0 Å². The molecule has 6 heteroatoms. The Labute approximate surface area is 127 Å². The van der Waals surface area contributed by atoms with Crippen molar-refractivity contribution in [3.63, 3.8) is 0 Å². The molecular weight excluding hydrogens is 301 g/mol. The lowest BCUT2D eigenvalue weighted by molar-refractivity contribution is 0.824. The van der Waals surface area contributed by atoms with Gasteiger partial charge in [-0.25, -0.2) is 4.98 Å². The molecule has 0 aliphatic heterocycles. The van der Waals surface area contributed by atoms with Gasteiger partial charge < -0.3 is 10.2 Å². The Morgan fingerprint density at radius 3 is 2.74 bits per heavy atom. The quantitative estimate of drug-likeness (QED) is 0.879. The van der Waals surface area contributed by atoms with Gasteiger partial charge >= 0.3 is 0 Å². The van der Waals surface area contributed by atoms with Gasteiger partial charge in [0.05, 0.1) is 16.6 Å². The zero-order valence-electron chi connectivity index (χ0n) is 10.8. The van der Waals surface area contributed by atoms with Crippen LogP contribution in [0.25, 0.3) is 0 Å². The van der Waals surface area contributed by atoms with Crippen molar-refractivity contribution in [3.05, 3.63) is 38.5 Å². The first kappa shape index (κ1) is 14.4. The minimum atomic E-state index is 0.531. The van der Waals surface area contributed by atoms with E-state index in [1.165, 1.54) is 4.88 Å². The van der Waals surface area contributed by atoms with Crippen molar-refractivity contribution >= 4 is 46.2 Å². The predicted octanol–water partition coefficient (Wildman–Crippen LogP) is 4.52. The highest BCUT2D eigenvalue weighted by molar-refractivity contribution is 7.09. The predicted molar refractivity (Wildman–Crippen MR) is 84.8 cm³/mol.